The molecule has 0 aliphatic heterocycles. The summed E-state index contributed by atoms with van der Waals surface area (Å²) in [4.78, 5) is 14.3. The summed E-state index contributed by atoms with van der Waals surface area (Å²) in [5, 5.41) is 3.35. The van der Waals surface area contributed by atoms with Gasteiger partial charge in [-0.25, -0.2) is 0 Å². The quantitative estimate of drug-likeness (QED) is 0.612. The first-order chi connectivity index (χ1) is 12.6. The van der Waals surface area contributed by atoms with Crippen LogP contribution in [0.5, 0.6) is 0 Å². The lowest BCUT2D eigenvalue weighted by Gasteiger charge is -2.25. The number of carbonyl (C=O) groups is 1. The normalized spacial score (nSPS) is 13.6. The molecule has 0 bridgehead atoms. The largest absolute Gasteiger partial charge is 0.344 e. The van der Waals surface area contributed by atoms with E-state index >= 15 is 0 Å². The number of benzene rings is 2. The van der Waals surface area contributed by atoms with Crippen molar-refractivity contribution in [2.24, 2.45) is 5.92 Å². The molecule has 0 aromatic heterocycles. The Morgan fingerprint density at radius 2 is 1.85 bits per heavy atom. The molecule has 0 saturated heterocycles. The van der Waals surface area contributed by atoms with Crippen LogP contribution in [-0.4, -0.2) is 22.5 Å². The average Bonchev–Trinajstić information content (AvgIpc) is 3.46. The summed E-state index contributed by atoms with van der Waals surface area (Å²) in [6.07, 6.45) is 5.83. The summed E-state index contributed by atoms with van der Waals surface area (Å²) in [5.74, 6) is 0.501. The minimum atomic E-state index is -0.190. The first-order valence-electron chi connectivity index (χ1n) is 8.99. The number of aryl methyl sites for hydroxylation is 1. The summed E-state index contributed by atoms with van der Waals surface area (Å²) in [6, 6.07) is 18.3. The van der Waals surface area contributed by atoms with Crippen molar-refractivity contribution in [3.05, 3.63) is 77.4 Å². The van der Waals surface area contributed by atoms with Crippen LogP contribution in [0.1, 0.15) is 29.5 Å². The van der Waals surface area contributed by atoms with Crippen LogP contribution in [0.2, 0.25) is 0 Å². The number of amides is 1. The van der Waals surface area contributed by atoms with Gasteiger partial charge in [0.2, 0.25) is 5.91 Å². The van der Waals surface area contributed by atoms with E-state index in [0.29, 0.717) is 11.0 Å². The average molecular weight is 365 g/mol. The van der Waals surface area contributed by atoms with Crippen molar-refractivity contribution in [2.45, 2.75) is 26.3 Å². The number of thiocarbonyl (C=S) groups is 1. The molecule has 26 heavy (non-hydrogen) atoms. The molecule has 1 aliphatic carbocycles. The van der Waals surface area contributed by atoms with Crippen LogP contribution < -0.4 is 5.32 Å². The zero-order valence-electron chi connectivity index (χ0n) is 15.0. The fraction of sp³-hybridized carbons (Fsp3) is 0.273. The van der Waals surface area contributed by atoms with Gasteiger partial charge in [0.05, 0.1) is 0 Å². The van der Waals surface area contributed by atoms with Crippen molar-refractivity contribution in [3.8, 4) is 0 Å². The first kappa shape index (κ1) is 18.3. The summed E-state index contributed by atoms with van der Waals surface area (Å²) < 4.78 is 0. The highest BCUT2D eigenvalue weighted by molar-refractivity contribution is 7.80. The molecule has 0 heterocycles. The van der Waals surface area contributed by atoms with E-state index in [-0.39, 0.29) is 5.91 Å². The topological polar surface area (TPSA) is 32.3 Å². The second kappa shape index (κ2) is 8.77. The van der Waals surface area contributed by atoms with E-state index < -0.39 is 0 Å². The Labute approximate surface area is 160 Å². The van der Waals surface area contributed by atoms with E-state index in [9.17, 15) is 4.79 Å². The highest BCUT2D eigenvalue weighted by Gasteiger charge is 2.25. The number of hydrogen-bond acceptors (Lipinski definition) is 2. The molecule has 3 nitrogen and oxygen atoms in total. The standard InChI is InChI=1S/C22H24N2OS/c1-17-7-9-18(10-8-17)13-14-21(25)23-22(26)24(16-20-11-12-20)15-19-5-3-2-4-6-19/h2-10,13-14,20H,11-12,15-16H2,1H3,(H,23,25,26)/b14-13+. The molecule has 134 valence electrons. The second-order valence-corrected chi connectivity index (χ2v) is 7.23. The van der Waals surface area contributed by atoms with Crippen LogP contribution >= 0.6 is 12.2 Å². The van der Waals surface area contributed by atoms with Gasteiger partial charge in [-0.2, -0.15) is 0 Å². The van der Waals surface area contributed by atoms with Crippen molar-refractivity contribution in [1.82, 2.24) is 10.2 Å². The molecule has 0 atom stereocenters. The van der Waals surface area contributed by atoms with Gasteiger partial charge in [0.15, 0.2) is 5.11 Å². The van der Waals surface area contributed by atoms with Crippen LogP contribution in [0.3, 0.4) is 0 Å². The van der Waals surface area contributed by atoms with Gasteiger partial charge >= 0.3 is 0 Å². The number of nitrogens with one attached hydrogen (secondary N) is 1. The maximum Gasteiger partial charge on any atom is 0.250 e. The summed E-state index contributed by atoms with van der Waals surface area (Å²) in [5.41, 5.74) is 3.39. The lowest BCUT2D eigenvalue weighted by molar-refractivity contribution is -0.115. The van der Waals surface area contributed by atoms with Gasteiger partial charge in [-0.1, -0.05) is 60.2 Å². The van der Waals surface area contributed by atoms with Gasteiger partial charge in [-0.05, 0) is 55.1 Å². The molecule has 0 radical (unpaired) electrons. The highest BCUT2D eigenvalue weighted by Crippen LogP contribution is 2.30. The summed E-state index contributed by atoms with van der Waals surface area (Å²) >= 11 is 5.51. The zero-order chi connectivity index (χ0) is 18.4. The van der Waals surface area contributed by atoms with Gasteiger partial charge in [0.1, 0.15) is 0 Å². The summed E-state index contributed by atoms with van der Waals surface area (Å²) in [6.45, 7) is 3.66. The van der Waals surface area contributed by atoms with E-state index in [1.165, 1.54) is 30.0 Å². The fourth-order valence-corrected chi connectivity index (χ4v) is 2.95. The Bertz CT molecular complexity index is 780. The van der Waals surface area contributed by atoms with Crippen LogP contribution in [0.4, 0.5) is 0 Å². The summed E-state index contributed by atoms with van der Waals surface area (Å²) in [7, 11) is 0. The molecule has 1 aliphatic rings. The van der Waals surface area contributed by atoms with Crippen LogP contribution in [0.25, 0.3) is 6.08 Å². The van der Waals surface area contributed by atoms with Gasteiger partial charge < -0.3 is 4.90 Å². The number of carbonyl (C=O) groups excluding carboxylic acids is 1. The van der Waals surface area contributed by atoms with Crippen molar-refractivity contribution in [1.29, 1.82) is 0 Å². The fourth-order valence-electron chi connectivity index (χ4n) is 2.71. The number of hydrogen-bond donors (Lipinski definition) is 1. The molecule has 3 rings (SSSR count). The molecule has 1 N–H and O–H groups in total. The van der Waals surface area contributed by atoms with Gasteiger partial charge in [-0.15, -0.1) is 0 Å². The van der Waals surface area contributed by atoms with Crippen molar-refractivity contribution < 1.29 is 4.79 Å². The Balaban J connectivity index is 1.59. The van der Waals surface area contributed by atoms with Crippen LogP contribution in [0.15, 0.2) is 60.7 Å². The second-order valence-electron chi connectivity index (χ2n) is 6.85. The molecule has 4 heteroatoms. The van der Waals surface area contributed by atoms with E-state index in [2.05, 4.69) is 22.3 Å². The third kappa shape index (κ3) is 5.81. The molecule has 1 amide bonds. The smallest absolute Gasteiger partial charge is 0.250 e. The zero-order valence-corrected chi connectivity index (χ0v) is 15.8. The number of rotatable bonds is 6. The van der Waals surface area contributed by atoms with Gasteiger partial charge in [0, 0.05) is 19.2 Å². The van der Waals surface area contributed by atoms with E-state index in [4.69, 9.17) is 12.2 Å². The lowest BCUT2D eigenvalue weighted by atomic mass is 10.1. The molecule has 0 unspecified atom stereocenters. The first-order valence-corrected chi connectivity index (χ1v) is 9.39. The molecular formula is C22H24N2OS. The maximum absolute atomic E-state index is 12.2. The molecular weight excluding hydrogens is 340 g/mol. The molecule has 2 aromatic rings. The van der Waals surface area contributed by atoms with E-state index in [1.807, 2.05) is 49.4 Å². The molecule has 0 spiro atoms. The molecule has 2 aromatic carbocycles. The Morgan fingerprint density at radius 3 is 2.50 bits per heavy atom. The Hall–Kier alpha value is -2.46. The SMILES string of the molecule is Cc1ccc(/C=C/C(=O)NC(=S)N(Cc2ccccc2)CC2CC2)cc1. The monoisotopic (exact) mass is 364 g/mol. The van der Waals surface area contributed by atoms with Crippen molar-refractivity contribution >= 4 is 29.3 Å². The van der Waals surface area contributed by atoms with E-state index in [0.717, 1.165) is 18.7 Å². The van der Waals surface area contributed by atoms with Crippen LogP contribution in [-0.2, 0) is 11.3 Å². The minimum absolute atomic E-state index is 0.190. The Kier molecular flexibility index (Phi) is 6.18. The Morgan fingerprint density at radius 1 is 1.15 bits per heavy atom. The maximum atomic E-state index is 12.2. The highest BCUT2D eigenvalue weighted by atomic mass is 32.1. The predicted octanol–water partition coefficient (Wildman–Crippen LogP) is 4.32. The number of nitrogens with zero attached hydrogens (tertiary/aromatic N) is 1. The van der Waals surface area contributed by atoms with Gasteiger partial charge in [-0.3, -0.25) is 10.1 Å². The van der Waals surface area contributed by atoms with Crippen molar-refractivity contribution in [3.63, 3.8) is 0 Å². The third-order valence-corrected chi connectivity index (χ3v) is 4.77. The minimum Gasteiger partial charge on any atom is -0.344 e. The molecule has 1 fully saturated rings. The lowest BCUT2D eigenvalue weighted by Crippen LogP contribution is -2.42. The van der Waals surface area contributed by atoms with E-state index in [1.54, 1.807) is 6.08 Å². The predicted molar refractivity (Wildman–Crippen MR) is 111 cm³/mol. The van der Waals surface area contributed by atoms with Crippen LogP contribution in [0, 0.1) is 12.8 Å². The third-order valence-electron chi connectivity index (χ3n) is 4.41. The van der Waals surface area contributed by atoms with Gasteiger partial charge in [0.25, 0.3) is 0 Å². The molecule has 1 saturated carbocycles. The van der Waals surface area contributed by atoms with Crippen molar-refractivity contribution in [2.75, 3.05) is 6.54 Å².